The third-order valence-electron chi connectivity index (χ3n) is 4.19. The van der Waals surface area contributed by atoms with Crippen LogP contribution in [0.15, 0.2) is 24.3 Å². The molecular formula is C18H28N2O2. The van der Waals surface area contributed by atoms with E-state index in [0.717, 1.165) is 37.0 Å². The number of rotatable bonds is 4. The second kappa shape index (κ2) is 7.14. The van der Waals surface area contributed by atoms with Crippen molar-refractivity contribution in [1.82, 2.24) is 5.32 Å². The third kappa shape index (κ3) is 4.73. The van der Waals surface area contributed by atoms with E-state index in [0.29, 0.717) is 6.04 Å². The first-order chi connectivity index (χ1) is 10.4. The van der Waals surface area contributed by atoms with E-state index in [-0.39, 0.29) is 24.0 Å². The Kier molecular flexibility index (Phi) is 5.46. The number of carbonyl (C=O) groups excluding carboxylic acids is 1. The summed E-state index contributed by atoms with van der Waals surface area (Å²) in [6, 6.07) is 8.45. The lowest BCUT2D eigenvalue weighted by Gasteiger charge is -2.27. The third-order valence-corrected chi connectivity index (χ3v) is 4.19. The van der Waals surface area contributed by atoms with Gasteiger partial charge < -0.3 is 15.8 Å². The van der Waals surface area contributed by atoms with Gasteiger partial charge in [0.1, 0.15) is 5.75 Å². The number of amides is 1. The maximum atomic E-state index is 12.1. The summed E-state index contributed by atoms with van der Waals surface area (Å²) in [5.74, 6) is 0.736. The minimum Gasteiger partial charge on any atom is -0.483 e. The van der Waals surface area contributed by atoms with Crippen LogP contribution in [0.4, 0.5) is 0 Å². The van der Waals surface area contributed by atoms with Crippen molar-refractivity contribution in [3.8, 4) is 5.75 Å². The van der Waals surface area contributed by atoms with Crippen molar-refractivity contribution in [2.45, 2.75) is 64.0 Å². The molecule has 1 amide bonds. The average Bonchev–Trinajstić information content (AvgIpc) is 2.47. The van der Waals surface area contributed by atoms with Gasteiger partial charge in [0.25, 0.3) is 5.91 Å². The predicted molar refractivity (Wildman–Crippen MR) is 89.0 cm³/mol. The van der Waals surface area contributed by atoms with Crippen molar-refractivity contribution in [2.24, 2.45) is 5.73 Å². The fourth-order valence-corrected chi connectivity index (χ4v) is 2.89. The Bertz CT molecular complexity index is 500. The molecule has 0 aliphatic heterocycles. The highest BCUT2D eigenvalue weighted by Crippen LogP contribution is 2.30. The fourth-order valence-electron chi connectivity index (χ4n) is 2.89. The van der Waals surface area contributed by atoms with Gasteiger partial charge in [0.2, 0.25) is 0 Å². The minimum atomic E-state index is -0.0517. The molecule has 0 radical (unpaired) electrons. The van der Waals surface area contributed by atoms with Crippen LogP contribution in [0.1, 0.15) is 52.0 Å². The van der Waals surface area contributed by atoms with Crippen LogP contribution in [0.2, 0.25) is 0 Å². The Morgan fingerprint density at radius 2 is 1.86 bits per heavy atom. The molecule has 0 saturated heterocycles. The first-order valence-electron chi connectivity index (χ1n) is 8.13. The summed E-state index contributed by atoms with van der Waals surface area (Å²) in [4.78, 5) is 12.1. The molecule has 0 heterocycles. The SMILES string of the molecule is CC(C)(C)c1ccccc1OCC(=O)NC1CCC(N)CC1. The van der Waals surface area contributed by atoms with Crippen LogP contribution in [0.3, 0.4) is 0 Å². The van der Waals surface area contributed by atoms with Crippen LogP contribution < -0.4 is 15.8 Å². The van der Waals surface area contributed by atoms with Gasteiger partial charge in [-0.15, -0.1) is 0 Å². The highest BCUT2D eigenvalue weighted by Gasteiger charge is 2.21. The van der Waals surface area contributed by atoms with Gasteiger partial charge >= 0.3 is 0 Å². The zero-order valence-electron chi connectivity index (χ0n) is 13.9. The smallest absolute Gasteiger partial charge is 0.258 e. The molecule has 1 aromatic carbocycles. The topological polar surface area (TPSA) is 64.3 Å². The molecule has 4 nitrogen and oxygen atoms in total. The van der Waals surface area contributed by atoms with Crippen LogP contribution in [0.25, 0.3) is 0 Å². The van der Waals surface area contributed by atoms with Crippen molar-refractivity contribution in [3.05, 3.63) is 29.8 Å². The number of hydrogen-bond donors (Lipinski definition) is 2. The molecule has 1 fully saturated rings. The molecule has 1 saturated carbocycles. The van der Waals surface area contributed by atoms with Gasteiger partial charge in [-0.25, -0.2) is 0 Å². The summed E-state index contributed by atoms with van der Waals surface area (Å²) in [7, 11) is 0. The molecule has 1 aromatic rings. The molecule has 0 spiro atoms. The first-order valence-corrected chi connectivity index (χ1v) is 8.13. The van der Waals surface area contributed by atoms with Crippen LogP contribution >= 0.6 is 0 Å². The maximum Gasteiger partial charge on any atom is 0.258 e. The number of nitrogens with one attached hydrogen (secondary N) is 1. The summed E-state index contributed by atoms with van der Waals surface area (Å²) in [5.41, 5.74) is 6.99. The molecule has 122 valence electrons. The molecule has 0 aromatic heterocycles. The molecule has 0 bridgehead atoms. The van der Waals surface area contributed by atoms with Gasteiger partial charge in [-0.05, 0) is 42.7 Å². The zero-order chi connectivity index (χ0) is 16.2. The standard InChI is InChI=1S/C18H28N2O2/c1-18(2,3)15-6-4-5-7-16(15)22-12-17(21)20-14-10-8-13(19)9-11-14/h4-7,13-14H,8-12,19H2,1-3H3,(H,20,21). The van der Waals surface area contributed by atoms with Gasteiger partial charge in [0.05, 0.1) is 0 Å². The van der Waals surface area contributed by atoms with Crippen LogP contribution in [0.5, 0.6) is 5.75 Å². The van der Waals surface area contributed by atoms with Crippen molar-refractivity contribution >= 4 is 5.91 Å². The predicted octanol–water partition coefficient (Wildman–Crippen LogP) is 2.75. The van der Waals surface area contributed by atoms with E-state index in [1.54, 1.807) is 0 Å². The number of nitrogens with two attached hydrogens (primary N) is 1. The number of para-hydroxylation sites is 1. The second-order valence-electron chi connectivity index (χ2n) is 7.21. The van der Waals surface area contributed by atoms with Crippen molar-refractivity contribution in [1.29, 1.82) is 0 Å². The molecule has 0 unspecified atom stereocenters. The summed E-state index contributed by atoms with van der Waals surface area (Å²) < 4.78 is 5.75. The lowest BCUT2D eigenvalue weighted by Crippen LogP contribution is -2.42. The normalized spacial score (nSPS) is 22.2. The van der Waals surface area contributed by atoms with E-state index in [9.17, 15) is 4.79 Å². The second-order valence-corrected chi connectivity index (χ2v) is 7.21. The largest absolute Gasteiger partial charge is 0.483 e. The van der Waals surface area contributed by atoms with Crippen LogP contribution in [0, 0.1) is 0 Å². The van der Waals surface area contributed by atoms with E-state index < -0.39 is 0 Å². The summed E-state index contributed by atoms with van der Waals surface area (Å²) >= 11 is 0. The van der Waals surface area contributed by atoms with E-state index >= 15 is 0 Å². The first kappa shape index (κ1) is 16.8. The molecule has 22 heavy (non-hydrogen) atoms. The van der Waals surface area contributed by atoms with Crippen LogP contribution in [-0.4, -0.2) is 24.6 Å². The van der Waals surface area contributed by atoms with E-state index in [1.165, 1.54) is 0 Å². The minimum absolute atomic E-state index is 0.00736. The van der Waals surface area contributed by atoms with Crippen molar-refractivity contribution in [3.63, 3.8) is 0 Å². The monoisotopic (exact) mass is 304 g/mol. The molecular weight excluding hydrogens is 276 g/mol. The van der Waals surface area contributed by atoms with Crippen molar-refractivity contribution in [2.75, 3.05) is 6.61 Å². The molecule has 0 atom stereocenters. The molecule has 1 aliphatic carbocycles. The zero-order valence-corrected chi connectivity index (χ0v) is 13.9. The lowest BCUT2D eigenvalue weighted by atomic mass is 9.86. The average molecular weight is 304 g/mol. The number of carbonyl (C=O) groups is 1. The van der Waals surface area contributed by atoms with Gasteiger partial charge in [0.15, 0.2) is 6.61 Å². The number of benzene rings is 1. The van der Waals surface area contributed by atoms with Gasteiger partial charge in [-0.3, -0.25) is 4.79 Å². The Labute approximate surface area is 133 Å². The number of ether oxygens (including phenoxy) is 1. The fraction of sp³-hybridized carbons (Fsp3) is 0.611. The van der Waals surface area contributed by atoms with E-state index in [4.69, 9.17) is 10.5 Å². The summed E-state index contributed by atoms with van der Waals surface area (Å²) in [5, 5.41) is 3.05. The summed E-state index contributed by atoms with van der Waals surface area (Å²) in [6.45, 7) is 6.48. The van der Waals surface area contributed by atoms with Gasteiger partial charge in [-0.2, -0.15) is 0 Å². The Morgan fingerprint density at radius 1 is 1.23 bits per heavy atom. The Hall–Kier alpha value is -1.55. The molecule has 1 aliphatic rings. The molecule has 2 rings (SSSR count). The van der Waals surface area contributed by atoms with Gasteiger partial charge in [0, 0.05) is 12.1 Å². The molecule has 4 heteroatoms. The quantitative estimate of drug-likeness (QED) is 0.899. The van der Waals surface area contributed by atoms with Crippen LogP contribution in [-0.2, 0) is 10.2 Å². The van der Waals surface area contributed by atoms with E-state index in [2.05, 4.69) is 32.2 Å². The molecule has 3 N–H and O–H groups in total. The lowest BCUT2D eigenvalue weighted by molar-refractivity contribution is -0.124. The van der Waals surface area contributed by atoms with Crippen molar-refractivity contribution < 1.29 is 9.53 Å². The van der Waals surface area contributed by atoms with Gasteiger partial charge in [-0.1, -0.05) is 39.0 Å². The van der Waals surface area contributed by atoms with E-state index in [1.807, 2.05) is 18.2 Å². The Morgan fingerprint density at radius 3 is 2.50 bits per heavy atom. The summed E-state index contributed by atoms with van der Waals surface area (Å²) in [6.07, 6.45) is 3.90. The highest BCUT2D eigenvalue weighted by molar-refractivity contribution is 5.77. The highest BCUT2D eigenvalue weighted by atomic mass is 16.5. The maximum absolute atomic E-state index is 12.1. The number of hydrogen-bond acceptors (Lipinski definition) is 3. The Balaban J connectivity index is 1.87.